The van der Waals surface area contributed by atoms with Crippen molar-refractivity contribution >= 4 is 17.6 Å². The second kappa shape index (κ2) is 6.74. The Balaban J connectivity index is 2.01. The molecule has 0 spiro atoms. The molecule has 0 aliphatic carbocycles. The van der Waals surface area contributed by atoms with E-state index in [0.717, 1.165) is 25.7 Å². The summed E-state index contributed by atoms with van der Waals surface area (Å²) in [6.45, 7) is 6.71. The van der Waals surface area contributed by atoms with Crippen molar-refractivity contribution in [1.29, 1.82) is 0 Å². The first-order valence-electron chi connectivity index (χ1n) is 7.57. The van der Waals surface area contributed by atoms with Crippen molar-refractivity contribution in [3.05, 3.63) is 11.8 Å². The SMILES string of the molecule is CCC[C@H](C)[C@@H]1CCCN1C(=O)C(=O)Nc1nocc1C. The van der Waals surface area contributed by atoms with E-state index in [0.29, 0.717) is 23.8 Å². The third-order valence-corrected chi connectivity index (χ3v) is 4.13. The third-order valence-electron chi connectivity index (χ3n) is 4.13. The highest BCUT2D eigenvalue weighted by Gasteiger charge is 2.35. The molecular formula is C15H23N3O3. The quantitative estimate of drug-likeness (QED) is 0.865. The number of carbonyl (C=O) groups is 2. The van der Waals surface area contributed by atoms with Crippen LogP contribution >= 0.6 is 0 Å². The topological polar surface area (TPSA) is 75.4 Å². The van der Waals surface area contributed by atoms with Gasteiger partial charge in [-0.05, 0) is 32.1 Å². The molecule has 0 unspecified atom stereocenters. The summed E-state index contributed by atoms with van der Waals surface area (Å²) in [6.07, 6.45) is 5.52. The summed E-state index contributed by atoms with van der Waals surface area (Å²) < 4.78 is 4.75. The van der Waals surface area contributed by atoms with E-state index in [9.17, 15) is 9.59 Å². The molecule has 1 saturated heterocycles. The maximum Gasteiger partial charge on any atom is 0.315 e. The molecule has 0 aromatic carbocycles. The van der Waals surface area contributed by atoms with Gasteiger partial charge in [0.25, 0.3) is 0 Å². The van der Waals surface area contributed by atoms with Gasteiger partial charge < -0.3 is 9.42 Å². The molecule has 1 aromatic rings. The van der Waals surface area contributed by atoms with E-state index in [4.69, 9.17) is 4.52 Å². The minimum atomic E-state index is -0.636. The van der Waals surface area contributed by atoms with Crippen LogP contribution in [0, 0.1) is 12.8 Å². The van der Waals surface area contributed by atoms with E-state index in [1.807, 2.05) is 0 Å². The molecule has 1 N–H and O–H groups in total. The molecule has 6 nitrogen and oxygen atoms in total. The highest BCUT2D eigenvalue weighted by molar-refractivity contribution is 6.39. The Morgan fingerprint density at radius 1 is 1.57 bits per heavy atom. The van der Waals surface area contributed by atoms with Crippen LogP contribution in [-0.2, 0) is 9.59 Å². The summed E-state index contributed by atoms with van der Waals surface area (Å²) in [6, 6.07) is 0.168. The Hall–Kier alpha value is -1.85. The number of amides is 2. The molecule has 1 fully saturated rings. The lowest BCUT2D eigenvalue weighted by molar-refractivity contribution is -0.144. The maximum atomic E-state index is 12.4. The fraction of sp³-hybridized carbons (Fsp3) is 0.667. The standard InChI is InChI=1S/C15H23N3O3/c1-4-6-10(2)12-7-5-8-18(12)15(20)14(19)16-13-11(3)9-21-17-13/h9-10,12H,4-8H2,1-3H3,(H,16,17,19)/t10-,12-/m0/s1. The third kappa shape index (κ3) is 3.43. The molecule has 2 amide bonds. The van der Waals surface area contributed by atoms with Gasteiger partial charge >= 0.3 is 11.8 Å². The van der Waals surface area contributed by atoms with Gasteiger partial charge in [-0.2, -0.15) is 0 Å². The van der Waals surface area contributed by atoms with Crippen LogP contribution in [0.15, 0.2) is 10.8 Å². The van der Waals surface area contributed by atoms with Gasteiger partial charge in [0.05, 0.1) is 0 Å². The number of aromatic nitrogens is 1. The fourth-order valence-electron chi connectivity index (χ4n) is 2.98. The molecule has 2 rings (SSSR count). The van der Waals surface area contributed by atoms with E-state index in [1.165, 1.54) is 6.26 Å². The Bertz CT molecular complexity index is 512. The Morgan fingerprint density at radius 3 is 2.95 bits per heavy atom. The monoisotopic (exact) mass is 293 g/mol. The maximum absolute atomic E-state index is 12.4. The van der Waals surface area contributed by atoms with Crippen LogP contribution in [-0.4, -0.2) is 34.5 Å². The summed E-state index contributed by atoms with van der Waals surface area (Å²) in [5, 5.41) is 6.19. The molecular weight excluding hydrogens is 270 g/mol. The summed E-state index contributed by atoms with van der Waals surface area (Å²) >= 11 is 0. The first-order chi connectivity index (χ1) is 10.0. The minimum absolute atomic E-state index is 0.168. The van der Waals surface area contributed by atoms with E-state index < -0.39 is 11.8 Å². The van der Waals surface area contributed by atoms with E-state index in [-0.39, 0.29) is 6.04 Å². The van der Waals surface area contributed by atoms with Crippen LogP contribution in [0.5, 0.6) is 0 Å². The number of carbonyl (C=O) groups excluding carboxylic acids is 2. The molecule has 2 atom stereocenters. The number of likely N-dealkylation sites (tertiary alicyclic amines) is 1. The molecule has 116 valence electrons. The lowest BCUT2D eigenvalue weighted by Crippen LogP contribution is -2.45. The summed E-state index contributed by atoms with van der Waals surface area (Å²) in [5.74, 6) is -0.376. The summed E-state index contributed by atoms with van der Waals surface area (Å²) in [7, 11) is 0. The van der Waals surface area contributed by atoms with Crippen LogP contribution in [0.1, 0.15) is 45.1 Å². The van der Waals surface area contributed by atoms with E-state index in [1.54, 1.807) is 11.8 Å². The van der Waals surface area contributed by atoms with Crippen molar-refractivity contribution < 1.29 is 14.1 Å². The van der Waals surface area contributed by atoms with Gasteiger partial charge in [-0.15, -0.1) is 0 Å². The molecule has 0 bridgehead atoms. The Kier molecular flexibility index (Phi) is 4.98. The van der Waals surface area contributed by atoms with Gasteiger partial charge in [0.1, 0.15) is 6.26 Å². The molecule has 1 aliphatic rings. The van der Waals surface area contributed by atoms with Crippen molar-refractivity contribution in [1.82, 2.24) is 10.1 Å². The highest BCUT2D eigenvalue weighted by atomic mass is 16.5. The van der Waals surface area contributed by atoms with Crippen molar-refractivity contribution in [2.24, 2.45) is 5.92 Å². The first kappa shape index (κ1) is 15.5. The predicted octanol–water partition coefficient (Wildman–Crippen LogP) is 2.35. The lowest BCUT2D eigenvalue weighted by atomic mass is 9.95. The molecule has 6 heteroatoms. The number of hydrogen-bond donors (Lipinski definition) is 1. The Labute approximate surface area is 124 Å². The zero-order chi connectivity index (χ0) is 15.4. The zero-order valence-electron chi connectivity index (χ0n) is 12.9. The molecule has 21 heavy (non-hydrogen) atoms. The second-order valence-corrected chi connectivity index (χ2v) is 5.77. The van der Waals surface area contributed by atoms with Gasteiger partial charge in [-0.25, -0.2) is 0 Å². The minimum Gasteiger partial charge on any atom is -0.362 e. The smallest absolute Gasteiger partial charge is 0.315 e. The lowest BCUT2D eigenvalue weighted by Gasteiger charge is -2.28. The first-order valence-corrected chi connectivity index (χ1v) is 7.57. The Morgan fingerprint density at radius 2 is 2.33 bits per heavy atom. The van der Waals surface area contributed by atoms with Gasteiger partial charge in [-0.1, -0.05) is 25.4 Å². The van der Waals surface area contributed by atoms with Crippen molar-refractivity contribution in [2.75, 3.05) is 11.9 Å². The zero-order valence-corrected chi connectivity index (χ0v) is 12.9. The number of nitrogens with one attached hydrogen (secondary N) is 1. The van der Waals surface area contributed by atoms with Crippen LogP contribution in [0.4, 0.5) is 5.82 Å². The number of nitrogens with zero attached hydrogens (tertiary/aromatic N) is 2. The average molecular weight is 293 g/mol. The number of anilines is 1. The van der Waals surface area contributed by atoms with Crippen LogP contribution in [0.2, 0.25) is 0 Å². The van der Waals surface area contributed by atoms with Crippen LogP contribution in [0.25, 0.3) is 0 Å². The molecule has 2 heterocycles. The normalized spacial score (nSPS) is 19.6. The van der Waals surface area contributed by atoms with Gasteiger partial charge in [-0.3, -0.25) is 14.9 Å². The predicted molar refractivity (Wildman–Crippen MR) is 78.7 cm³/mol. The number of hydrogen-bond acceptors (Lipinski definition) is 4. The molecule has 1 aromatic heterocycles. The van der Waals surface area contributed by atoms with Crippen molar-refractivity contribution in [2.45, 2.75) is 52.5 Å². The van der Waals surface area contributed by atoms with E-state index >= 15 is 0 Å². The summed E-state index contributed by atoms with van der Waals surface area (Å²) in [4.78, 5) is 26.2. The van der Waals surface area contributed by atoms with Gasteiger partial charge in [0, 0.05) is 18.2 Å². The van der Waals surface area contributed by atoms with E-state index in [2.05, 4.69) is 24.3 Å². The van der Waals surface area contributed by atoms with Crippen molar-refractivity contribution in [3.63, 3.8) is 0 Å². The number of rotatable bonds is 4. The second-order valence-electron chi connectivity index (χ2n) is 5.77. The highest BCUT2D eigenvalue weighted by Crippen LogP contribution is 2.27. The fourth-order valence-corrected chi connectivity index (χ4v) is 2.98. The molecule has 0 radical (unpaired) electrons. The van der Waals surface area contributed by atoms with Crippen LogP contribution < -0.4 is 5.32 Å². The van der Waals surface area contributed by atoms with Gasteiger partial charge in [0.15, 0.2) is 5.82 Å². The molecule has 0 saturated carbocycles. The number of aryl methyl sites for hydroxylation is 1. The average Bonchev–Trinajstić information content (AvgIpc) is 3.08. The van der Waals surface area contributed by atoms with Gasteiger partial charge in [0.2, 0.25) is 0 Å². The van der Waals surface area contributed by atoms with Crippen molar-refractivity contribution in [3.8, 4) is 0 Å². The van der Waals surface area contributed by atoms with Crippen LogP contribution in [0.3, 0.4) is 0 Å². The molecule has 1 aliphatic heterocycles. The summed E-state index contributed by atoms with van der Waals surface area (Å²) in [5.41, 5.74) is 0.702. The largest absolute Gasteiger partial charge is 0.362 e.